The van der Waals surface area contributed by atoms with Gasteiger partial charge >= 0.3 is 6.18 Å². The van der Waals surface area contributed by atoms with Crippen molar-refractivity contribution >= 4 is 11.6 Å². The monoisotopic (exact) mass is 480 g/mol. The Labute approximate surface area is 190 Å². The highest BCUT2D eigenvalue weighted by atomic mass is 19.4. The molecule has 1 aromatic carbocycles. The average Bonchev–Trinajstić information content (AvgIpc) is 2.78. The van der Waals surface area contributed by atoms with Gasteiger partial charge in [0.05, 0.1) is 12.2 Å². The second-order valence-corrected chi connectivity index (χ2v) is 6.97. The zero-order valence-electron chi connectivity index (χ0n) is 17.8. The molecule has 34 heavy (non-hydrogen) atoms. The molecule has 2 heterocycles. The van der Waals surface area contributed by atoms with Crippen molar-refractivity contribution in [2.45, 2.75) is 12.6 Å². The molecule has 0 atom stereocenters. The number of alkyl halides is 3. The van der Waals surface area contributed by atoms with Gasteiger partial charge in [-0.2, -0.15) is 13.2 Å². The van der Waals surface area contributed by atoms with E-state index in [0.717, 1.165) is 18.2 Å². The van der Waals surface area contributed by atoms with Gasteiger partial charge in [0, 0.05) is 30.2 Å². The van der Waals surface area contributed by atoms with Crippen molar-refractivity contribution in [3.63, 3.8) is 0 Å². The molecule has 0 saturated heterocycles. The van der Waals surface area contributed by atoms with E-state index in [4.69, 9.17) is 9.47 Å². The van der Waals surface area contributed by atoms with Crippen molar-refractivity contribution in [2.24, 2.45) is 0 Å². The van der Waals surface area contributed by atoms with Crippen LogP contribution in [0.1, 0.15) is 22.3 Å². The molecule has 1 amide bonds. The van der Waals surface area contributed by atoms with Crippen molar-refractivity contribution in [3.8, 4) is 17.4 Å². The lowest BCUT2D eigenvalue weighted by Crippen LogP contribution is -2.17. The fourth-order valence-corrected chi connectivity index (χ4v) is 2.79. The zero-order valence-corrected chi connectivity index (χ0v) is 17.8. The molecule has 0 aliphatic carbocycles. The third kappa shape index (κ3) is 6.54. The van der Waals surface area contributed by atoms with Crippen molar-refractivity contribution in [1.82, 2.24) is 15.3 Å². The fourth-order valence-electron chi connectivity index (χ4n) is 2.79. The zero-order chi connectivity index (χ0) is 24.7. The third-order valence-electron chi connectivity index (χ3n) is 4.40. The first-order chi connectivity index (χ1) is 16.2. The second-order valence-electron chi connectivity index (χ2n) is 6.97. The maximum absolute atomic E-state index is 13.7. The van der Waals surface area contributed by atoms with Gasteiger partial charge in [-0.3, -0.25) is 9.59 Å². The average molecular weight is 480 g/mol. The highest BCUT2D eigenvalue weighted by Gasteiger charge is 2.33. The van der Waals surface area contributed by atoms with Crippen LogP contribution < -0.4 is 25.7 Å². The van der Waals surface area contributed by atoms with Gasteiger partial charge in [-0.05, 0) is 44.3 Å². The molecule has 3 aromatic rings. The lowest BCUT2D eigenvalue weighted by molar-refractivity contribution is -0.137. The molecule has 0 fully saturated rings. The molecule has 0 radical (unpaired) electrons. The number of rotatable bonds is 9. The lowest BCUT2D eigenvalue weighted by atomic mass is 10.1. The minimum atomic E-state index is -4.78. The van der Waals surface area contributed by atoms with E-state index >= 15 is 0 Å². The topological polar surface area (TPSA) is 105 Å². The van der Waals surface area contributed by atoms with Crippen molar-refractivity contribution in [3.05, 3.63) is 76.1 Å². The summed E-state index contributed by atoms with van der Waals surface area (Å²) in [5.41, 5.74) is -2.21. The van der Waals surface area contributed by atoms with Crippen LogP contribution >= 0.6 is 0 Å². The number of halogens is 4. The van der Waals surface area contributed by atoms with Gasteiger partial charge in [0.1, 0.15) is 11.4 Å². The van der Waals surface area contributed by atoms with Crippen molar-refractivity contribution in [2.75, 3.05) is 25.5 Å². The van der Waals surface area contributed by atoms with Crippen LogP contribution in [0, 0.1) is 5.82 Å². The smallest absolute Gasteiger partial charge is 0.417 e. The van der Waals surface area contributed by atoms with Crippen LogP contribution in [0.15, 0.2) is 53.6 Å². The van der Waals surface area contributed by atoms with E-state index in [0.29, 0.717) is 25.2 Å². The number of carbonyl (C=O) groups excluding carboxylic acids is 1. The van der Waals surface area contributed by atoms with Crippen molar-refractivity contribution in [1.29, 1.82) is 0 Å². The van der Waals surface area contributed by atoms with Gasteiger partial charge in [-0.25, -0.2) is 9.37 Å². The molecule has 0 saturated carbocycles. The van der Waals surface area contributed by atoms with Crippen LogP contribution in [0.5, 0.6) is 17.4 Å². The van der Waals surface area contributed by atoms with Crippen LogP contribution in [0.3, 0.4) is 0 Å². The number of carbonyl (C=O) groups is 1. The van der Waals surface area contributed by atoms with Gasteiger partial charge in [0.2, 0.25) is 11.4 Å². The molecule has 0 spiro atoms. The standard InChI is InChI=1S/C22H20F4N4O4/c1-27-6-2-8-33-18-10-14(23)3-4-17(18)34-21-16(9-13(12-29-21)22(24,25)26)20(32)30-15-5-7-28-19(31)11-15/h3-5,7,9-12,27H,2,6,8H2,1H3,(H2,28,30,31,32). The summed E-state index contributed by atoms with van der Waals surface area (Å²) >= 11 is 0. The molecule has 8 nitrogen and oxygen atoms in total. The highest BCUT2D eigenvalue weighted by Crippen LogP contribution is 2.36. The summed E-state index contributed by atoms with van der Waals surface area (Å²) in [6, 6.07) is 6.29. The Morgan fingerprint density at radius 1 is 1.15 bits per heavy atom. The van der Waals surface area contributed by atoms with Gasteiger partial charge in [0.25, 0.3) is 5.91 Å². The Morgan fingerprint density at radius 3 is 2.65 bits per heavy atom. The molecule has 12 heteroatoms. The summed E-state index contributed by atoms with van der Waals surface area (Å²) in [6.07, 6.45) is -2.41. The summed E-state index contributed by atoms with van der Waals surface area (Å²) < 4.78 is 64.6. The van der Waals surface area contributed by atoms with Gasteiger partial charge in [0.15, 0.2) is 11.5 Å². The predicted octanol–water partition coefficient (Wildman–Crippen LogP) is 3.96. The number of H-pyrrole nitrogens is 1. The van der Waals surface area contributed by atoms with E-state index in [2.05, 4.69) is 20.6 Å². The minimum absolute atomic E-state index is 0.0150. The number of pyridine rings is 2. The molecule has 3 rings (SSSR count). The number of benzene rings is 1. The molecule has 0 aliphatic heterocycles. The summed E-state index contributed by atoms with van der Waals surface area (Å²) in [7, 11) is 1.76. The summed E-state index contributed by atoms with van der Waals surface area (Å²) in [4.78, 5) is 30.3. The Kier molecular flexibility index (Phi) is 7.84. The number of aromatic amines is 1. The molecular weight excluding hydrogens is 460 g/mol. The summed E-state index contributed by atoms with van der Waals surface area (Å²) in [5, 5.41) is 5.26. The molecular formula is C22H20F4N4O4. The Morgan fingerprint density at radius 2 is 1.94 bits per heavy atom. The van der Waals surface area contributed by atoms with E-state index in [9.17, 15) is 27.2 Å². The number of hydrogen-bond donors (Lipinski definition) is 3. The van der Waals surface area contributed by atoms with E-state index in [1.54, 1.807) is 7.05 Å². The van der Waals surface area contributed by atoms with Crippen LogP contribution in [0.4, 0.5) is 23.2 Å². The summed E-state index contributed by atoms with van der Waals surface area (Å²) in [5.74, 6) is -2.16. The number of aromatic nitrogens is 2. The number of nitrogens with one attached hydrogen (secondary N) is 3. The summed E-state index contributed by atoms with van der Waals surface area (Å²) in [6.45, 7) is 0.843. The third-order valence-corrected chi connectivity index (χ3v) is 4.40. The number of nitrogens with zero attached hydrogens (tertiary/aromatic N) is 1. The number of anilines is 1. The molecule has 0 aliphatic rings. The van der Waals surface area contributed by atoms with Crippen LogP contribution in [0.25, 0.3) is 0 Å². The number of hydrogen-bond acceptors (Lipinski definition) is 6. The molecule has 180 valence electrons. The molecule has 0 unspecified atom stereocenters. The number of amides is 1. The normalized spacial score (nSPS) is 11.2. The van der Waals surface area contributed by atoms with E-state index in [1.807, 2.05) is 0 Å². The highest BCUT2D eigenvalue weighted by molar-refractivity contribution is 6.06. The Bertz CT molecular complexity index is 1210. The van der Waals surface area contributed by atoms with Crippen LogP contribution in [0.2, 0.25) is 0 Å². The predicted molar refractivity (Wildman–Crippen MR) is 115 cm³/mol. The Hall–Kier alpha value is -3.93. The second kappa shape index (κ2) is 10.8. The van der Waals surface area contributed by atoms with E-state index < -0.39 is 40.5 Å². The van der Waals surface area contributed by atoms with Gasteiger partial charge in [-0.1, -0.05) is 0 Å². The maximum Gasteiger partial charge on any atom is 0.417 e. The lowest BCUT2D eigenvalue weighted by Gasteiger charge is -2.16. The fraction of sp³-hybridized carbons (Fsp3) is 0.227. The minimum Gasteiger partial charge on any atom is -0.490 e. The van der Waals surface area contributed by atoms with Gasteiger partial charge in [-0.15, -0.1) is 0 Å². The maximum atomic E-state index is 13.7. The van der Waals surface area contributed by atoms with E-state index in [-0.39, 0.29) is 23.8 Å². The quantitative estimate of drug-likeness (QED) is 0.316. The largest absolute Gasteiger partial charge is 0.490 e. The number of ether oxygens (including phenoxy) is 2. The molecule has 3 N–H and O–H groups in total. The molecule has 2 aromatic heterocycles. The first-order valence-corrected chi connectivity index (χ1v) is 9.99. The SMILES string of the molecule is CNCCCOc1cc(F)ccc1Oc1ncc(C(F)(F)F)cc1C(=O)Nc1cc[nH]c(=O)c1. The first-order valence-electron chi connectivity index (χ1n) is 9.99. The van der Waals surface area contributed by atoms with Crippen molar-refractivity contribution < 1.29 is 31.8 Å². The Balaban J connectivity index is 1.95. The van der Waals surface area contributed by atoms with Crippen LogP contribution in [-0.2, 0) is 6.18 Å². The van der Waals surface area contributed by atoms with Crippen LogP contribution in [-0.4, -0.2) is 36.1 Å². The molecule has 0 bridgehead atoms. The first kappa shape index (κ1) is 24.7. The van der Waals surface area contributed by atoms with E-state index in [1.165, 1.54) is 18.3 Å². The van der Waals surface area contributed by atoms with Gasteiger partial charge < -0.3 is 25.1 Å².